The molecule has 0 aliphatic carbocycles. The van der Waals surface area contributed by atoms with E-state index >= 15 is 0 Å². The van der Waals surface area contributed by atoms with Crippen LogP contribution in [-0.4, -0.2) is 19.1 Å². The molecule has 0 bridgehead atoms. The molecule has 0 spiro atoms. The molecule has 1 N–H and O–H groups in total. The van der Waals surface area contributed by atoms with Gasteiger partial charge in [0.25, 0.3) is 5.91 Å². The van der Waals surface area contributed by atoms with Gasteiger partial charge in [0, 0.05) is 5.56 Å². The number of hydrogen-bond donors (Lipinski definition) is 1. The summed E-state index contributed by atoms with van der Waals surface area (Å²) in [6.45, 7) is 9.57. The van der Waals surface area contributed by atoms with E-state index in [9.17, 15) is 4.79 Å². The lowest BCUT2D eigenvalue weighted by Gasteiger charge is -2.14. The molecule has 0 heterocycles. The van der Waals surface area contributed by atoms with E-state index in [2.05, 4.69) is 33.0 Å². The van der Waals surface area contributed by atoms with Crippen LogP contribution in [0, 0.1) is 11.8 Å². The van der Waals surface area contributed by atoms with Gasteiger partial charge in [-0.1, -0.05) is 45.9 Å². The molecule has 0 radical (unpaired) electrons. The molecule has 0 saturated heterocycles. The van der Waals surface area contributed by atoms with Crippen molar-refractivity contribution in [2.24, 2.45) is 11.8 Å². The summed E-state index contributed by atoms with van der Waals surface area (Å²) in [7, 11) is 0. The van der Waals surface area contributed by atoms with Crippen LogP contribution in [-0.2, 0) is 0 Å². The van der Waals surface area contributed by atoms with Crippen molar-refractivity contribution in [2.45, 2.75) is 27.7 Å². The zero-order valence-electron chi connectivity index (χ0n) is 15.4. The van der Waals surface area contributed by atoms with Crippen LogP contribution in [0.15, 0.2) is 48.5 Å². The van der Waals surface area contributed by atoms with Crippen LogP contribution < -0.4 is 14.8 Å². The number of carbonyl (C=O) groups is 1. The Bertz CT molecular complexity index is 695. The number of amides is 1. The Labute approximate surface area is 150 Å². The summed E-state index contributed by atoms with van der Waals surface area (Å²) < 4.78 is 11.5. The fourth-order valence-corrected chi connectivity index (χ4v) is 2.14. The number of para-hydroxylation sites is 2. The highest BCUT2D eigenvalue weighted by Gasteiger charge is 2.11. The summed E-state index contributed by atoms with van der Waals surface area (Å²) in [4.78, 5) is 12.6. The fourth-order valence-electron chi connectivity index (χ4n) is 2.14. The van der Waals surface area contributed by atoms with Crippen molar-refractivity contribution < 1.29 is 14.3 Å². The first-order valence-corrected chi connectivity index (χ1v) is 8.71. The predicted octanol–water partition coefficient (Wildman–Crippen LogP) is 5.01. The van der Waals surface area contributed by atoms with Gasteiger partial charge in [-0.3, -0.25) is 4.79 Å². The average molecular weight is 341 g/mol. The number of hydrogen-bond acceptors (Lipinski definition) is 3. The zero-order chi connectivity index (χ0) is 18.2. The standard InChI is InChI=1S/C21H27NO3/c1-15(2)13-24-18-9-7-8-17(12-18)21(23)22-19-10-5-6-11-20(19)25-14-16(3)4/h5-12,15-16H,13-14H2,1-4H3,(H,22,23). The summed E-state index contributed by atoms with van der Waals surface area (Å²) in [5.74, 6) is 2.04. The molecule has 2 rings (SSSR count). The molecule has 0 atom stereocenters. The molecule has 0 saturated carbocycles. The number of nitrogens with one attached hydrogen (secondary N) is 1. The first-order valence-electron chi connectivity index (χ1n) is 8.71. The highest BCUT2D eigenvalue weighted by Crippen LogP contribution is 2.25. The Kier molecular flexibility index (Phi) is 6.87. The molecule has 4 heteroatoms. The molecule has 1 amide bonds. The smallest absolute Gasteiger partial charge is 0.255 e. The maximum atomic E-state index is 12.6. The predicted molar refractivity (Wildman–Crippen MR) is 102 cm³/mol. The molecule has 0 aromatic heterocycles. The largest absolute Gasteiger partial charge is 0.493 e. The lowest BCUT2D eigenvalue weighted by molar-refractivity contribution is 0.102. The van der Waals surface area contributed by atoms with Gasteiger partial charge in [0.15, 0.2) is 0 Å². The van der Waals surface area contributed by atoms with E-state index in [1.54, 1.807) is 12.1 Å². The Hall–Kier alpha value is -2.49. The third-order valence-electron chi connectivity index (χ3n) is 3.39. The maximum Gasteiger partial charge on any atom is 0.255 e. The van der Waals surface area contributed by atoms with E-state index in [-0.39, 0.29) is 5.91 Å². The van der Waals surface area contributed by atoms with Crippen LogP contribution in [0.4, 0.5) is 5.69 Å². The second-order valence-electron chi connectivity index (χ2n) is 6.89. The van der Waals surface area contributed by atoms with Gasteiger partial charge in [0.2, 0.25) is 0 Å². The monoisotopic (exact) mass is 341 g/mol. The van der Waals surface area contributed by atoms with Gasteiger partial charge in [0.05, 0.1) is 18.9 Å². The van der Waals surface area contributed by atoms with Gasteiger partial charge < -0.3 is 14.8 Å². The topological polar surface area (TPSA) is 47.6 Å². The van der Waals surface area contributed by atoms with E-state index in [1.165, 1.54) is 0 Å². The molecular weight excluding hydrogens is 314 g/mol. The third kappa shape index (κ3) is 6.14. The molecule has 25 heavy (non-hydrogen) atoms. The summed E-state index contributed by atoms with van der Waals surface area (Å²) >= 11 is 0. The normalized spacial score (nSPS) is 10.8. The van der Waals surface area contributed by atoms with Gasteiger partial charge in [-0.05, 0) is 42.2 Å². The van der Waals surface area contributed by atoms with Gasteiger partial charge >= 0.3 is 0 Å². The molecular formula is C21H27NO3. The van der Waals surface area contributed by atoms with Crippen LogP contribution in [0.5, 0.6) is 11.5 Å². The van der Waals surface area contributed by atoms with Crippen molar-refractivity contribution in [2.75, 3.05) is 18.5 Å². The third-order valence-corrected chi connectivity index (χ3v) is 3.39. The van der Waals surface area contributed by atoms with Gasteiger partial charge in [0.1, 0.15) is 11.5 Å². The number of carbonyl (C=O) groups excluding carboxylic acids is 1. The average Bonchev–Trinajstić information content (AvgIpc) is 2.59. The number of anilines is 1. The number of ether oxygens (including phenoxy) is 2. The summed E-state index contributed by atoms with van der Waals surface area (Å²) in [5, 5.41) is 2.92. The maximum absolute atomic E-state index is 12.6. The molecule has 134 valence electrons. The first kappa shape index (κ1) is 18.8. The molecule has 2 aromatic rings. The lowest BCUT2D eigenvalue weighted by Crippen LogP contribution is -2.14. The Morgan fingerprint density at radius 3 is 2.32 bits per heavy atom. The number of rotatable bonds is 8. The van der Waals surface area contributed by atoms with Crippen LogP contribution in [0.3, 0.4) is 0 Å². The van der Waals surface area contributed by atoms with Crippen molar-refractivity contribution in [3.8, 4) is 11.5 Å². The summed E-state index contributed by atoms with van der Waals surface area (Å²) in [6, 6.07) is 14.7. The first-order chi connectivity index (χ1) is 12.0. The molecule has 4 nitrogen and oxygen atoms in total. The fraction of sp³-hybridized carbons (Fsp3) is 0.381. The van der Waals surface area contributed by atoms with Crippen LogP contribution >= 0.6 is 0 Å². The van der Waals surface area contributed by atoms with E-state index in [0.717, 1.165) is 0 Å². The minimum Gasteiger partial charge on any atom is -0.493 e. The van der Waals surface area contributed by atoms with Crippen molar-refractivity contribution in [3.05, 3.63) is 54.1 Å². The minimum absolute atomic E-state index is 0.185. The molecule has 0 aliphatic heterocycles. The highest BCUT2D eigenvalue weighted by molar-refractivity contribution is 6.05. The Balaban J connectivity index is 2.08. The van der Waals surface area contributed by atoms with Crippen LogP contribution in [0.25, 0.3) is 0 Å². The number of benzene rings is 2. The van der Waals surface area contributed by atoms with Crippen LogP contribution in [0.1, 0.15) is 38.1 Å². The van der Waals surface area contributed by atoms with Gasteiger partial charge in [-0.25, -0.2) is 0 Å². The van der Waals surface area contributed by atoms with Gasteiger partial charge in [-0.2, -0.15) is 0 Å². The quantitative estimate of drug-likeness (QED) is 0.734. The Morgan fingerprint density at radius 2 is 1.60 bits per heavy atom. The zero-order valence-corrected chi connectivity index (χ0v) is 15.4. The van der Waals surface area contributed by atoms with Gasteiger partial charge in [-0.15, -0.1) is 0 Å². The summed E-state index contributed by atoms with van der Waals surface area (Å²) in [6.07, 6.45) is 0. The van der Waals surface area contributed by atoms with Crippen LogP contribution in [0.2, 0.25) is 0 Å². The minimum atomic E-state index is -0.185. The Morgan fingerprint density at radius 1 is 0.920 bits per heavy atom. The lowest BCUT2D eigenvalue weighted by atomic mass is 10.2. The van der Waals surface area contributed by atoms with Crippen molar-refractivity contribution >= 4 is 11.6 Å². The van der Waals surface area contributed by atoms with Crippen molar-refractivity contribution in [3.63, 3.8) is 0 Å². The van der Waals surface area contributed by atoms with E-state index in [1.807, 2.05) is 36.4 Å². The second-order valence-corrected chi connectivity index (χ2v) is 6.89. The van der Waals surface area contributed by atoms with E-state index in [0.29, 0.717) is 47.8 Å². The second kappa shape index (κ2) is 9.11. The highest BCUT2D eigenvalue weighted by atomic mass is 16.5. The summed E-state index contributed by atoms with van der Waals surface area (Å²) in [5.41, 5.74) is 1.22. The molecule has 2 aromatic carbocycles. The van der Waals surface area contributed by atoms with Crippen molar-refractivity contribution in [1.82, 2.24) is 0 Å². The van der Waals surface area contributed by atoms with E-state index < -0.39 is 0 Å². The molecule has 0 fully saturated rings. The molecule has 0 unspecified atom stereocenters. The SMILES string of the molecule is CC(C)COc1cccc(C(=O)Nc2ccccc2OCC(C)C)c1. The van der Waals surface area contributed by atoms with E-state index in [4.69, 9.17) is 9.47 Å². The molecule has 0 aliphatic rings. The van der Waals surface area contributed by atoms with Crippen molar-refractivity contribution in [1.29, 1.82) is 0 Å².